The van der Waals surface area contributed by atoms with Crippen LogP contribution in [-0.4, -0.2) is 6.04 Å². The van der Waals surface area contributed by atoms with Gasteiger partial charge >= 0.3 is 0 Å². The lowest BCUT2D eigenvalue weighted by Gasteiger charge is -2.33. The molecule has 0 radical (unpaired) electrons. The average Bonchev–Trinajstić information content (AvgIpc) is 3.80. The maximum absolute atomic E-state index is 7.35. The third-order valence-electron chi connectivity index (χ3n) is 10.1. The molecular weight excluding hydrogens is 653 g/mol. The molecule has 0 saturated heterocycles. The number of para-hydroxylation sites is 3. The molecule has 0 spiro atoms. The number of thiophene rings is 1. The number of furan rings is 1. The van der Waals surface area contributed by atoms with Gasteiger partial charge in [-0.15, -0.1) is 11.3 Å². The molecule has 52 heavy (non-hydrogen) atoms. The summed E-state index contributed by atoms with van der Waals surface area (Å²) in [5, 5.41) is 4.77. The van der Waals surface area contributed by atoms with E-state index in [-0.39, 0.29) is 6.04 Å². The minimum absolute atomic E-state index is 0.103. The van der Waals surface area contributed by atoms with Gasteiger partial charge in [0.05, 0.1) is 23.1 Å². The van der Waals surface area contributed by atoms with Crippen LogP contribution < -0.4 is 9.80 Å². The van der Waals surface area contributed by atoms with Gasteiger partial charge in [0.25, 0.3) is 0 Å². The zero-order valence-corrected chi connectivity index (χ0v) is 29.2. The van der Waals surface area contributed by atoms with Gasteiger partial charge in [0.2, 0.25) is 0 Å². The Kier molecular flexibility index (Phi) is 7.47. The molecule has 0 saturated carbocycles. The zero-order chi connectivity index (χ0) is 34.4. The van der Waals surface area contributed by atoms with Gasteiger partial charge in [-0.05, 0) is 72.1 Å². The molecule has 7 aromatic carbocycles. The number of allylic oxidation sites excluding steroid dienone is 2. The molecule has 9 aromatic rings. The van der Waals surface area contributed by atoms with E-state index in [2.05, 4.69) is 198 Å². The summed E-state index contributed by atoms with van der Waals surface area (Å²) in [6, 6.07) is 58.6. The van der Waals surface area contributed by atoms with Gasteiger partial charge in [0, 0.05) is 42.3 Å². The summed E-state index contributed by atoms with van der Waals surface area (Å²) >= 11 is 1.86. The third-order valence-corrected chi connectivity index (χ3v) is 11.3. The van der Waals surface area contributed by atoms with E-state index in [9.17, 15) is 0 Å². The number of hydrogen-bond acceptors (Lipinski definition) is 4. The number of hydrogen-bond donors (Lipinski definition) is 0. The van der Waals surface area contributed by atoms with Gasteiger partial charge in [-0.25, -0.2) is 0 Å². The highest BCUT2D eigenvalue weighted by atomic mass is 32.1. The average molecular weight is 687 g/mol. The first-order chi connectivity index (χ1) is 25.8. The number of anilines is 5. The maximum Gasteiger partial charge on any atom is 0.160 e. The lowest BCUT2D eigenvalue weighted by molar-refractivity contribution is 0.664. The maximum atomic E-state index is 7.35. The molecule has 0 aliphatic heterocycles. The number of fused-ring (bicyclic) bond motifs is 6. The summed E-state index contributed by atoms with van der Waals surface area (Å²) in [5.74, 6) is 0. The molecule has 10 rings (SSSR count). The third kappa shape index (κ3) is 5.03. The van der Waals surface area contributed by atoms with Crippen LogP contribution in [0.25, 0.3) is 53.2 Å². The van der Waals surface area contributed by atoms with E-state index >= 15 is 0 Å². The lowest BCUT2D eigenvalue weighted by atomic mass is 9.97. The van der Waals surface area contributed by atoms with E-state index in [1.807, 2.05) is 11.3 Å². The Morgan fingerprint density at radius 3 is 1.90 bits per heavy atom. The molecule has 3 nitrogen and oxygen atoms in total. The molecule has 0 amide bonds. The summed E-state index contributed by atoms with van der Waals surface area (Å²) in [4.78, 5) is 4.82. The highest BCUT2D eigenvalue weighted by Gasteiger charge is 2.28. The van der Waals surface area contributed by atoms with Crippen molar-refractivity contribution in [2.24, 2.45) is 0 Å². The Balaban J connectivity index is 1.29. The van der Waals surface area contributed by atoms with Gasteiger partial charge in [-0.1, -0.05) is 133 Å². The fraction of sp³-hybridized carbons (Fsp3) is 0.0417. The Morgan fingerprint density at radius 2 is 1.15 bits per heavy atom. The molecular formula is C48H34N2OS. The van der Waals surface area contributed by atoms with Crippen molar-refractivity contribution < 1.29 is 4.42 Å². The van der Waals surface area contributed by atoms with Crippen LogP contribution in [0.5, 0.6) is 0 Å². The van der Waals surface area contributed by atoms with Crippen molar-refractivity contribution in [1.82, 2.24) is 0 Å². The fourth-order valence-electron chi connectivity index (χ4n) is 7.88. The predicted octanol–water partition coefficient (Wildman–Crippen LogP) is 14.1. The Bertz CT molecular complexity index is 2740. The van der Waals surface area contributed by atoms with E-state index in [1.54, 1.807) is 0 Å². The van der Waals surface area contributed by atoms with Crippen LogP contribution >= 0.6 is 11.3 Å². The molecule has 1 unspecified atom stereocenters. The number of benzene rings is 7. The summed E-state index contributed by atoms with van der Waals surface area (Å²) < 4.78 is 9.93. The van der Waals surface area contributed by atoms with Gasteiger partial charge in [0.15, 0.2) is 11.2 Å². The molecule has 2 aromatic heterocycles. The highest BCUT2D eigenvalue weighted by molar-refractivity contribution is 7.26. The van der Waals surface area contributed by atoms with Crippen LogP contribution in [0.2, 0.25) is 0 Å². The van der Waals surface area contributed by atoms with Crippen LogP contribution in [0.4, 0.5) is 28.4 Å². The zero-order valence-electron chi connectivity index (χ0n) is 28.4. The molecule has 2 heterocycles. The molecule has 248 valence electrons. The van der Waals surface area contributed by atoms with E-state index in [1.165, 1.54) is 25.9 Å². The molecule has 4 heteroatoms. The van der Waals surface area contributed by atoms with Crippen LogP contribution in [0, 0.1) is 0 Å². The van der Waals surface area contributed by atoms with Crippen molar-refractivity contribution in [2.75, 3.05) is 9.80 Å². The number of rotatable bonds is 7. The molecule has 0 fully saturated rings. The Labute approximate surface area is 306 Å². The fourth-order valence-corrected chi connectivity index (χ4v) is 9.01. The molecule has 0 N–H and O–H groups in total. The monoisotopic (exact) mass is 686 g/mol. The predicted molar refractivity (Wildman–Crippen MR) is 222 cm³/mol. The number of nitrogens with zero attached hydrogens (tertiary/aromatic N) is 2. The summed E-state index contributed by atoms with van der Waals surface area (Å²) in [5.41, 5.74) is 9.41. The Morgan fingerprint density at radius 1 is 0.500 bits per heavy atom. The molecule has 0 bridgehead atoms. The first kappa shape index (κ1) is 30.5. The van der Waals surface area contributed by atoms with Crippen LogP contribution in [0.1, 0.15) is 6.42 Å². The minimum atomic E-state index is 0.103. The second kappa shape index (κ2) is 12.8. The first-order valence-electron chi connectivity index (χ1n) is 17.8. The van der Waals surface area contributed by atoms with Gasteiger partial charge < -0.3 is 14.2 Å². The van der Waals surface area contributed by atoms with Crippen molar-refractivity contribution >= 4 is 81.9 Å². The van der Waals surface area contributed by atoms with Crippen LogP contribution in [0.15, 0.2) is 193 Å². The van der Waals surface area contributed by atoms with E-state index in [0.717, 1.165) is 62.2 Å². The van der Waals surface area contributed by atoms with E-state index in [0.29, 0.717) is 0 Å². The van der Waals surface area contributed by atoms with Crippen LogP contribution in [-0.2, 0) is 0 Å². The van der Waals surface area contributed by atoms with Crippen LogP contribution in [0.3, 0.4) is 0 Å². The largest absolute Gasteiger partial charge is 0.452 e. The standard InChI is InChI=1S/C48H34N2OS/c1-5-17-33(18-6-1)37-31-32-42(49(34-19-7-2-8-20-34)35-21-9-3-10-22-35)48-45(37)39-26-15-28-41(47(39)51-48)50(36-23-11-4-12-24-36)40-27-16-30-44-46(40)38-25-13-14-29-43(38)52-44/h1-23,25-32,36H,24H2. The minimum Gasteiger partial charge on any atom is -0.452 e. The van der Waals surface area contributed by atoms with E-state index in [4.69, 9.17) is 4.42 Å². The van der Waals surface area contributed by atoms with Crippen molar-refractivity contribution in [3.05, 3.63) is 188 Å². The van der Waals surface area contributed by atoms with E-state index < -0.39 is 0 Å². The smallest absolute Gasteiger partial charge is 0.160 e. The lowest BCUT2D eigenvalue weighted by Crippen LogP contribution is -2.30. The van der Waals surface area contributed by atoms with Gasteiger partial charge in [-0.3, -0.25) is 0 Å². The SMILES string of the molecule is C1=CCC(N(c2cccc3c2oc2c(N(c4ccccc4)c4ccccc4)ccc(-c4ccccc4)c23)c2cccc3sc4ccccc4c23)C=C1. The summed E-state index contributed by atoms with van der Waals surface area (Å²) in [6.45, 7) is 0. The molecule has 1 atom stereocenters. The normalized spacial score (nSPS) is 14.1. The van der Waals surface area contributed by atoms with Crippen molar-refractivity contribution in [1.29, 1.82) is 0 Å². The Hall–Kier alpha value is -6.36. The quantitative estimate of drug-likeness (QED) is 0.166. The van der Waals surface area contributed by atoms with Gasteiger partial charge in [-0.2, -0.15) is 0 Å². The molecule has 1 aliphatic rings. The summed E-state index contributed by atoms with van der Waals surface area (Å²) in [7, 11) is 0. The van der Waals surface area contributed by atoms with Crippen molar-refractivity contribution in [2.45, 2.75) is 12.5 Å². The highest BCUT2D eigenvalue weighted by Crippen LogP contribution is 2.50. The summed E-state index contributed by atoms with van der Waals surface area (Å²) in [6.07, 6.45) is 9.81. The molecule has 1 aliphatic carbocycles. The topological polar surface area (TPSA) is 19.6 Å². The second-order valence-corrected chi connectivity index (χ2v) is 14.3. The second-order valence-electron chi connectivity index (χ2n) is 13.2. The first-order valence-corrected chi connectivity index (χ1v) is 18.6. The van der Waals surface area contributed by atoms with Crippen molar-refractivity contribution in [3.63, 3.8) is 0 Å². The van der Waals surface area contributed by atoms with Crippen molar-refractivity contribution in [3.8, 4) is 11.1 Å². The van der Waals surface area contributed by atoms with Gasteiger partial charge in [0.1, 0.15) is 0 Å².